The molecule has 0 fully saturated rings. The number of hydrogen-bond donors (Lipinski definition) is 1. The molecule has 0 heterocycles. The van der Waals surface area contributed by atoms with Gasteiger partial charge in [-0.15, -0.1) is 0 Å². The van der Waals surface area contributed by atoms with E-state index in [0.717, 1.165) is 6.07 Å². The van der Waals surface area contributed by atoms with Crippen molar-refractivity contribution in [3.63, 3.8) is 0 Å². The molecule has 0 saturated carbocycles. The van der Waals surface area contributed by atoms with Gasteiger partial charge >= 0.3 is 6.18 Å². The van der Waals surface area contributed by atoms with Crippen LogP contribution in [0.15, 0.2) is 16.6 Å². The van der Waals surface area contributed by atoms with Crippen LogP contribution in [0.2, 0.25) is 0 Å². The summed E-state index contributed by atoms with van der Waals surface area (Å²) in [6, 6.07) is 1.32. The van der Waals surface area contributed by atoms with E-state index in [2.05, 4.69) is 15.9 Å². The van der Waals surface area contributed by atoms with Gasteiger partial charge in [0, 0.05) is 11.6 Å². The number of nitrogens with zero attached hydrogens (tertiary/aromatic N) is 1. The molecular weight excluding hydrogens is 295 g/mol. The van der Waals surface area contributed by atoms with E-state index < -0.39 is 34.5 Å². The van der Waals surface area contributed by atoms with E-state index in [4.69, 9.17) is 5.11 Å². The van der Waals surface area contributed by atoms with Gasteiger partial charge in [-0.1, -0.05) is 0 Å². The second-order valence-electron chi connectivity index (χ2n) is 2.84. The lowest BCUT2D eigenvalue weighted by Gasteiger charge is -2.12. The van der Waals surface area contributed by atoms with Gasteiger partial charge in [-0.3, -0.25) is 10.1 Å². The first-order valence-corrected chi connectivity index (χ1v) is 4.72. The van der Waals surface area contributed by atoms with Crippen molar-refractivity contribution in [2.75, 3.05) is 0 Å². The first-order chi connectivity index (χ1) is 7.29. The highest BCUT2D eigenvalue weighted by Crippen LogP contribution is 2.39. The average Bonchev–Trinajstić information content (AvgIpc) is 2.15. The Bertz CT molecular complexity index is 433. The normalized spacial score (nSPS) is 11.6. The van der Waals surface area contributed by atoms with Crippen molar-refractivity contribution in [1.82, 2.24) is 0 Å². The third-order valence-electron chi connectivity index (χ3n) is 1.88. The summed E-state index contributed by atoms with van der Waals surface area (Å²) in [7, 11) is 0. The summed E-state index contributed by atoms with van der Waals surface area (Å²) in [6.07, 6.45) is -4.66. The zero-order valence-electron chi connectivity index (χ0n) is 7.58. The molecule has 0 unspecified atom stereocenters. The maximum absolute atomic E-state index is 12.4. The van der Waals surface area contributed by atoms with E-state index in [0.29, 0.717) is 6.07 Å². The maximum Gasteiger partial charge on any atom is 0.416 e. The van der Waals surface area contributed by atoms with Crippen LogP contribution in [-0.4, -0.2) is 10.0 Å². The second-order valence-corrected chi connectivity index (χ2v) is 3.63. The van der Waals surface area contributed by atoms with Crippen LogP contribution < -0.4 is 0 Å². The Labute approximate surface area is 96.0 Å². The Kier molecular flexibility index (Phi) is 3.54. The van der Waals surface area contributed by atoms with Crippen molar-refractivity contribution >= 4 is 21.6 Å². The van der Waals surface area contributed by atoms with E-state index in [9.17, 15) is 23.3 Å². The lowest BCUT2D eigenvalue weighted by molar-refractivity contribution is -0.385. The van der Waals surface area contributed by atoms with Crippen molar-refractivity contribution < 1.29 is 23.2 Å². The first kappa shape index (κ1) is 12.9. The maximum atomic E-state index is 12.4. The summed E-state index contributed by atoms with van der Waals surface area (Å²) >= 11 is 2.68. The van der Waals surface area contributed by atoms with Crippen molar-refractivity contribution in [2.24, 2.45) is 0 Å². The fourth-order valence-electron chi connectivity index (χ4n) is 1.17. The van der Waals surface area contributed by atoms with Crippen molar-refractivity contribution in [3.8, 4) is 0 Å². The Morgan fingerprint density at radius 1 is 1.44 bits per heavy atom. The lowest BCUT2D eigenvalue weighted by atomic mass is 10.1. The van der Waals surface area contributed by atoms with Gasteiger partial charge in [0.25, 0.3) is 5.69 Å². The molecule has 8 heteroatoms. The van der Waals surface area contributed by atoms with Crippen molar-refractivity contribution in [1.29, 1.82) is 0 Å². The highest BCUT2D eigenvalue weighted by atomic mass is 79.9. The molecule has 0 aliphatic carbocycles. The molecule has 1 N–H and O–H groups in total. The van der Waals surface area contributed by atoms with E-state index >= 15 is 0 Å². The minimum atomic E-state index is -4.66. The molecule has 0 aliphatic rings. The third-order valence-corrected chi connectivity index (χ3v) is 2.77. The molecule has 0 atom stereocenters. The molecule has 1 aromatic rings. The monoisotopic (exact) mass is 299 g/mol. The topological polar surface area (TPSA) is 63.4 Å². The zero-order chi connectivity index (χ0) is 12.5. The number of rotatable bonds is 2. The van der Waals surface area contributed by atoms with Gasteiger partial charge in [0.05, 0.1) is 17.1 Å². The summed E-state index contributed by atoms with van der Waals surface area (Å²) in [6.45, 7) is -0.933. The molecule has 0 aliphatic heterocycles. The van der Waals surface area contributed by atoms with Gasteiger partial charge in [-0.2, -0.15) is 13.2 Å². The summed E-state index contributed by atoms with van der Waals surface area (Å²) in [5.41, 5.74) is -2.15. The van der Waals surface area contributed by atoms with Crippen LogP contribution in [0.3, 0.4) is 0 Å². The first-order valence-electron chi connectivity index (χ1n) is 3.93. The minimum Gasteiger partial charge on any atom is -0.392 e. The van der Waals surface area contributed by atoms with Crippen LogP contribution in [0.1, 0.15) is 11.1 Å². The molecule has 1 rings (SSSR count). The Hall–Kier alpha value is -1.15. The number of nitro benzene ring substituents is 1. The van der Waals surface area contributed by atoms with Gasteiger partial charge in [0.15, 0.2) is 0 Å². The summed E-state index contributed by atoms with van der Waals surface area (Å²) in [5, 5.41) is 19.3. The minimum absolute atomic E-state index is 0.352. The van der Waals surface area contributed by atoms with Gasteiger partial charge < -0.3 is 5.11 Å². The molecule has 4 nitrogen and oxygen atoms in total. The number of aliphatic hydroxyl groups is 1. The summed E-state index contributed by atoms with van der Waals surface area (Å²) < 4.78 is 37.0. The SMILES string of the molecule is O=[N+]([O-])c1ccc(C(F)(F)F)c(CO)c1Br. The van der Waals surface area contributed by atoms with Crippen LogP contribution in [0.25, 0.3) is 0 Å². The lowest BCUT2D eigenvalue weighted by Crippen LogP contribution is -2.10. The summed E-state index contributed by atoms with van der Waals surface area (Å²) in [4.78, 5) is 9.63. The number of halogens is 4. The predicted octanol–water partition coefficient (Wildman–Crippen LogP) is 2.87. The Balaban J connectivity index is 3.47. The van der Waals surface area contributed by atoms with Crippen molar-refractivity contribution in [2.45, 2.75) is 12.8 Å². The molecule has 0 aromatic heterocycles. The van der Waals surface area contributed by atoms with Gasteiger partial charge in [-0.05, 0) is 22.0 Å². The number of nitro groups is 1. The van der Waals surface area contributed by atoms with Gasteiger partial charge in [-0.25, -0.2) is 0 Å². The molecule has 16 heavy (non-hydrogen) atoms. The summed E-state index contributed by atoms with van der Waals surface area (Å²) in [5.74, 6) is 0. The van der Waals surface area contributed by atoms with Crippen LogP contribution in [0.5, 0.6) is 0 Å². The number of benzene rings is 1. The molecule has 0 spiro atoms. The number of hydrogen-bond acceptors (Lipinski definition) is 3. The highest BCUT2D eigenvalue weighted by Gasteiger charge is 2.35. The van der Waals surface area contributed by atoms with E-state index in [1.807, 2.05) is 0 Å². The molecule has 1 aromatic carbocycles. The van der Waals surface area contributed by atoms with Gasteiger partial charge in [0.1, 0.15) is 4.47 Å². The van der Waals surface area contributed by atoms with Gasteiger partial charge in [0.2, 0.25) is 0 Å². The molecule has 0 bridgehead atoms. The molecule has 88 valence electrons. The van der Waals surface area contributed by atoms with Crippen LogP contribution in [-0.2, 0) is 12.8 Å². The number of aliphatic hydroxyl groups excluding tert-OH is 1. The number of alkyl halides is 3. The largest absolute Gasteiger partial charge is 0.416 e. The molecule has 0 saturated heterocycles. The fraction of sp³-hybridized carbons (Fsp3) is 0.250. The highest BCUT2D eigenvalue weighted by molar-refractivity contribution is 9.10. The Morgan fingerprint density at radius 3 is 2.38 bits per heavy atom. The third kappa shape index (κ3) is 2.33. The zero-order valence-corrected chi connectivity index (χ0v) is 9.17. The second kappa shape index (κ2) is 4.38. The van der Waals surface area contributed by atoms with Crippen LogP contribution >= 0.6 is 15.9 Å². The molecular formula is C8H5BrF3NO3. The predicted molar refractivity (Wildman–Crippen MR) is 51.7 cm³/mol. The van der Waals surface area contributed by atoms with E-state index in [-0.39, 0.29) is 4.47 Å². The fourth-order valence-corrected chi connectivity index (χ4v) is 1.79. The standard InChI is InChI=1S/C8H5BrF3NO3/c9-7-4(3-14)5(8(10,11)12)1-2-6(7)13(15)16/h1-2,14H,3H2. The van der Waals surface area contributed by atoms with E-state index in [1.165, 1.54) is 0 Å². The molecule has 0 radical (unpaired) electrons. The van der Waals surface area contributed by atoms with Crippen LogP contribution in [0.4, 0.5) is 18.9 Å². The van der Waals surface area contributed by atoms with Crippen LogP contribution in [0, 0.1) is 10.1 Å². The van der Waals surface area contributed by atoms with Crippen molar-refractivity contribution in [3.05, 3.63) is 37.8 Å². The van der Waals surface area contributed by atoms with E-state index in [1.54, 1.807) is 0 Å². The average molecular weight is 300 g/mol. The smallest absolute Gasteiger partial charge is 0.392 e. The molecule has 0 amide bonds. The Morgan fingerprint density at radius 2 is 2.00 bits per heavy atom. The quantitative estimate of drug-likeness (QED) is 0.674.